The second kappa shape index (κ2) is 2.92. The van der Waals surface area contributed by atoms with Gasteiger partial charge in [0, 0.05) is 5.39 Å². The molecule has 2 rings (SSSR count). The van der Waals surface area contributed by atoms with Crippen molar-refractivity contribution in [3.63, 3.8) is 0 Å². The summed E-state index contributed by atoms with van der Waals surface area (Å²) >= 11 is 3.40. The predicted octanol–water partition coefficient (Wildman–Crippen LogP) is 2.65. The number of rotatable bonds is 1. The van der Waals surface area contributed by atoms with E-state index < -0.39 is 0 Å². The van der Waals surface area contributed by atoms with Gasteiger partial charge in [0.05, 0.1) is 11.0 Å². The fraction of sp³-hybridized carbons (Fsp3) is 0.111. The van der Waals surface area contributed by atoms with Crippen LogP contribution in [0.2, 0.25) is 0 Å². The normalized spacial score (nSPS) is 10.8. The molecule has 12 heavy (non-hydrogen) atoms. The quantitative estimate of drug-likeness (QED) is 0.811. The van der Waals surface area contributed by atoms with E-state index in [0.29, 0.717) is 6.54 Å². The molecule has 0 bridgehead atoms. The smallest absolute Gasteiger partial charge is 0.148 e. The molecular weight excluding hydrogens is 218 g/mol. The van der Waals surface area contributed by atoms with Crippen LogP contribution < -0.4 is 5.73 Å². The van der Waals surface area contributed by atoms with Crippen LogP contribution in [0.15, 0.2) is 33.2 Å². The Morgan fingerprint density at radius 1 is 1.42 bits per heavy atom. The molecule has 2 aromatic rings. The van der Waals surface area contributed by atoms with Crippen molar-refractivity contribution < 1.29 is 4.42 Å². The Morgan fingerprint density at radius 2 is 2.25 bits per heavy atom. The van der Waals surface area contributed by atoms with Crippen molar-refractivity contribution in [2.45, 2.75) is 6.54 Å². The molecule has 62 valence electrons. The molecule has 0 aliphatic heterocycles. The van der Waals surface area contributed by atoms with E-state index in [1.54, 1.807) is 0 Å². The first-order valence-corrected chi connectivity index (χ1v) is 4.47. The molecule has 0 unspecified atom stereocenters. The molecule has 0 radical (unpaired) electrons. The van der Waals surface area contributed by atoms with Crippen molar-refractivity contribution in [1.82, 2.24) is 0 Å². The molecule has 0 atom stereocenters. The van der Waals surface area contributed by atoms with Crippen molar-refractivity contribution in [3.05, 3.63) is 34.5 Å². The fourth-order valence-electron chi connectivity index (χ4n) is 1.18. The highest BCUT2D eigenvalue weighted by Crippen LogP contribution is 2.26. The third-order valence-electron chi connectivity index (χ3n) is 1.75. The van der Waals surface area contributed by atoms with Crippen LogP contribution in [-0.4, -0.2) is 0 Å². The maximum absolute atomic E-state index is 5.48. The lowest BCUT2D eigenvalue weighted by Gasteiger charge is -1.89. The number of halogens is 1. The number of hydrogen-bond acceptors (Lipinski definition) is 2. The Hall–Kier alpha value is -0.800. The summed E-state index contributed by atoms with van der Waals surface area (Å²) in [5.74, 6) is 0.817. The number of hydrogen-bond donors (Lipinski definition) is 1. The molecule has 0 spiro atoms. The van der Waals surface area contributed by atoms with Crippen molar-refractivity contribution >= 4 is 26.9 Å². The number of para-hydroxylation sites is 1. The zero-order valence-electron chi connectivity index (χ0n) is 6.38. The Bertz CT molecular complexity index is 408. The van der Waals surface area contributed by atoms with Gasteiger partial charge in [0.15, 0.2) is 0 Å². The molecular formula is C9H8BrNO. The van der Waals surface area contributed by atoms with E-state index in [2.05, 4.69) is 15.9 Å². The van der Waals surface area contributed by atoms with Gasteiger partial charge in [-0.25, -0.2) is 0 Å². The van der Waals surface area contributed by atoms with Crippen LogP contribution in [0.4, 0.5) is 0 Å². The van der Waals surface area contributed by atoms with Crippen LogP contribution in [0.25, 0.3) is 11.0 Å². The average Bonchev–Trinajstić information content (AvgIpc) is 2.49. The topological polar surface area (TPSA) is 39.2 Å². The lowest BCUT2D eigenvalue weighted by Crippen LogP contribution is -1.92. The molecule has 1 aromatic heterocycles. The standard InChI is InChI=1S/C9H8BrNO/c10-8-3-1-2-6-4-7(5-11)12-9(6)8/h1-4H,5,11H2. The summed E-state index contributed by atoms with van der Waals surface area (Å²) < 4.78 is 6.45. The van der Waals surface area contributed by atoms with E-state index in [1.807, 2.05) is 24.3 Å². The van der Waals surface area contributed by atoms with E-state index in [1.165, 1.54) is 0 Å². The van der Waals surface area contributed by atoms with Crippen molar-refractivity contribution in [1.29, 1.82) is 0 Å². The predicted molar refractivity (Wildman–Crippen MR) is 51.8 cm³/mol. The summed E-state index contributed by atoms with van der Waals surface area (Å²) in [5, 5.41) is 1.09. The average molecular weight is 226 g/mol. The van der Waals surface area contributed by atoms with Gasteiger partial charge in [-0.2, -0.15) is 0 Å². The summed E-state index contributed by atoms with van der Waals surface area (Å²) in [7, 11) is 0. The van der Waals surface area contributed by atoms with Crippen molar-refractivity contribution in [2.75, 3.05) is 0 Å². The van der Waals surface area contributed by atoms with Gasteiger partial charge >= 0.3 is 0 Å². The molecule has 0 fully saturated rings. The van der Waals surface area contributed by atoms with Gasteiger partial charge in [-0.3, -0.25) is 0 Å². The number of furan rings is 1. The van der Waals surface area contributed by atoms with E-state index in [0.717, 1.165) is 21.2 Å². The zero-order valence-corrected chi connectivity index (χ0v) is 7.97. The molecule has 0 saturated heterocycles. The summed E-state index contributed by atoms with van der Waals surface area (Å²) in [5.41, 5.74) is 6.33. The Morgan fingerprint density at radius 3 is 2.92 bits per heavy atom. The van der Waals surface area contributed by atoms with E-state index in [9.17, 15) is 0 Å². The van der Waals surface area contributed by atoms with Crippen LogP contribution >= 0.6 is 15.9 Å². The van der Waals surface area contributed by atoms with E-state index in [-0.39, 0.29) is 0 Å². The molecule has 2 N–H and O–H groups in total. The molecule has 2 nitrogen and oxygen atoms in total. The molecule has 0 amide bonds. The monoisotopic (exact) mass is 225 g/mol. The largest absolute Gasteiger partial charge is 0.459 e. The zero-order chi connectivity index (χ0) is 8.55. The minimum Gasteiger partial charge on any atom is -0.459 e. The van der Waals surface area contributed by atoms with Crippen molar-refractivity contribution in [3.8, 4) is 0 Å². The third kappa shape index (κ3) is 1.15. The molecule has 0 aliphatic rings. The minimum absolute atomic E-state index is 0.446. The van der Waals surface area contributed by atoms with Crippen LogP contribution in [0.3, 0.4) is 0 Å². The van der Waals surface area contributed by atoms with Gasteiger partial charge in [-0.1, -0.05) is 12.1 Å². The van der Waals surface area contributed by atoms with Gasteiger partial charge in [0.1, 0.15) is 11.3 Å². The number of benzene rings is 1. The van der Waals surface area contributed by atoms with Gasteiger partial charge in [-0.15, -0.1) is 0 Å². The first kappa shape index (κ1) is 7.83. The molecule has 1 aromatic carbocycles. The third-order valence-corrected chi connectivity index (χ3v) is 2.37. The Balaban J connectivity index is 2.74. The lowest BCUT2D eigenvalue weighted by molar-refractivity contribution is 0.551. The van der Waals surface area contributed by atoms with Crippen molar-refractivity contribution in [2.24, 2.45) is 5.73 Å². The number of nitrogens with two attached hydrogens (primary N) is 1. The van der Waals surface area contributed by atoms with Gasteiger partial charge < -0.3 is 10.2 Å². The second-order valence-electron chi connectivity index (χ2n) is 2.58. The molecule has 3 heteroatoms. The lowest BCUT2D eigenvalue weighted by atomic mass is 10.2. The highest BCUT2D eigenvalue weighted by atomic mass is 79.9. The summed E-state index contributed by atoms with van der Waals surface area (Å²) in [6.07, 6.45) is 0. The maximum Gasteiger partial charge on any atom is 0.148 e. The summed E-state index contributed by atoms with van der Waals surface area (Å²) in [6.45, 7) is 0.446. The Kier molecular flexibility index (Phi) is 1.90. The number of fused-ring (bicyclic) bond motifs is 1. The van der Waals surface area contributed by atoms with E-state index >= 15 is 0 Å². The van der Waals surface area contributed by atoms with Crippen LogP contribution in [0, 0.1) is 0 Å². The van der Waals surface area contributed by atoms with Gasteiger partial charge in [0.2, 0.25) is 0 Å². The minimum atomic E-state index is 0.446. The molecule has 0 aliphatic carbocycles. The summed E-state index contributed by atoms with van der Waals surface area (Å²) in [6, 6.07) is 7.89. The first-order chi connectivity index (χ1) is 5.81. The van der Waals surface area contributed by atoms with Crippen LogP contribution in [0.1, 0.15) is 5.76 Å². The van der Waals surface area contributed by atoms with Gasteiger partial charge in [-0.05, 0) is 28.1 Å². The maximum atomic E-state index is 5.48. The van der Waals surface area contributed by atoms with E-state index in [4.69, 9.17) is 10.2 Å². The Labute approximate surface area is 78.5 Å². The molecule has 1 heterocycles. The SMILES string of the molecule is NCc1cc2cccc(Br)c2o1. The molecule has 0 saturated carbocycles. The van der Waals surface area contributed by atoms with Gasteiger partial charge in [0.25, 0.3) is 0 Å². The highest BCUT2D eigenvalue weighted by molar-refractivity contribution is 9.10. The van der Waals surface area contributed by atoms with Crippen LogP contribution in [-0.2, 0) is 6.54 Å². The first-order valence-electron chi connectivity index (χ1n) is 3.68. The fourth-order valence-corrected chi connectivity index (χ4v) is 1.64. The van der Waals surface area contributed by atoms with Crippen LogP contribution in [0.5, 0.6) is 0 Å². The highest BCUT2D eigenvalue weighted by Gasteiger charge is 2.03. The summed E-state index contributed by atoms with van der Waals surface area (Å²) in [4.78, 5) is 0. The second-order valence-corrected chi connectivity index (χ2v) is 3.43.